The lowest BCUT2D eigenvalue weighted by Gasteiger charge is -2.31. The smallest absolute Gasteiger partial charge is 0.236 e. The molecule has 1 amide bonds. The van der Waals surface area contributed by atoms with Gasteiger partial charge in [0.15, 0.2) is 11.0 Å². The second kappa shape index (κ2) is 10.4. The van der Waals surface area contributed by atoms with E-state index in [-0.39, 0.29) is 11.7 Å². The highest BCUT2D eigenvalue weighted by molar-refractivity contribution is 7.99. The van der Waals surface area contributed by atoms with Crippen LogP contribution in [0.25, 0.3) is 17.1 Å². The summed E-state index contributed by atoms with van der Waals surface area (Å²) in [4.78, 5) is 17.2. The molecule has 3 heterocycles. The van der Waals surface area contributed by atoms with E-state index in [0.29, 0.717) is 17.8 Å². The largest absolute Gasteiger partial charge is 0.310 e. The van der Waals surface area contributed by atoms with E-state index in [1.165, 1.54) is 31.0 Å². The fraction of sp³-hybridized carbons (Fsp3) is 0.346. The summed E-state index contributed by atoms with van der Waals surface area (Å²) >= 11 is 1.42. The van der Waals surface area contributed by atoms with Gasteiger partial charge in [-0.05, 0) is 49.9 Å². The average Bonchev–Trinajstić information content (AvgIpc) is 3.47. The van der Waals surface area contributed by atoms with Crippen molar-refractivity contribution in [3.8, 4) is 17.1 Å². The van der Waals surface area contributed by atoms with Gasteiger partial charge >= 0.3 is 0 Å². The molecule has 0 aliphatic heterocycles. The van der Waals surface area contributed by atoms with Crippen molar-refractivity contribution in [3.05, 3.63) is 66.6 Å². The van der Waals surface area contributed by atoms with Crippen LogP contribution in [0.5, 0.6) is 0 Å². The molecule has 35 heavy (non-hydrogen) atoms. The normalized spacial score (nSPS) is 17.9. The molecule has 0 unspecified atom stereocenters. The zero-order chi connectivity index (χ0) is 24.2. The summed E-state index contributed by atoms with van der Waals surface area (Å²) in [6, 6.07) is 15.9. The number of thioether (sulfide) groups is 1. The third-order valence-electron chi connectivity index (χ3n) is 6.41. The SMILES string of the molecule is Cc1cc(NC(=O)CSc2nnc(-c3cccnc3)n2[C@@H]2CCCC[C@H]2C)n(-c2ccccc2)n1. The van der Waals surface area contributed by atoms with Crippen molar-refractivity contribution in [2.24, 2.45) is 5.92 Å². The van der Waals surface area contributed by atoms with E-state index in [4.69, 9.17) is 0 Å². The number of nitrogens with zero attached hydrogens (tertiary/aromatic N) is 6. The number of pyridine rings is 1. The van der Waals surface area contributed by atoms with Crippen LogP contribution < -0.4 is 5.32 Å². The van der Waals surface area contributed by atoms with Crippen molar-refractivity contribution in [1.82, 2.24) is 29.5 Å². The summed E-state index contributed by atoms with van der Waals surface area (Å²) in [5, 5.41) is 17.3. The molecule has 2 atom stereocenters. The molecule has 1 aliphatic carbocycles. The highest BCUT2D eigenvalue weighted by atomic mass is 32.2. The fourth-order valence-electron chi connectivity index (χ4n) is 4.71. The van der Waals surface area contributed by atoms with Gasteiger partial charge in [0.05, 0.1) is 17.1 Å². The summed E-state index contributed by atoms with van der Waals surface area (Å²) in [5.74, 6) is 2.11. The zero-order valence-corrected chi connectivity index (χ0v) is 20.8. The van der Waals surface area contributed by atoms with Crippen LogP contribution in [0.15, 0.2) is 66.1 Å². The number of nitrogens with one attached hydrogen (secondary N) is 1. The minimum Gasteiger partial charge on any atom is -0.310 e. The molecule has 1 fully saturated rings. The number of aryl methyl sites for hydroxylation is 1. The van der Waals surface area contributed by atoms with Gasteiger partial charge in [0, 0.05) is 30.1 Å². The summed E-state index contributed by atoms with van der Waals surface area (Å²) < 4.78 is 3.99. The molecule has 5 rings (SSSR count). The van der Waals surface area contributed by atoms with Crippen LogP contribution in [0.1, 0.15) is 44.3 Å². The second-order valence-corrected chi connectivity index (χ2v) is 9.94. The molecule has 9 heteroatoms. The topological polar surface area (TPSA) is 90.5 Å². The molecule has 1 aromatic carbocycles. The molecule has 4 aromatic rings. The minimum atomic E-state index is -0.110. The average molecular weight is 488 g/mol. The Morgan fingerprint density at radius 1 is 1.11 bits per heavy atom. The number of benzene rings is 1. The molecular weight excluding hydrogens is 458 g/mol. The van der Waals surface area contributed by atoms with Crippen LogP contribution in [0.3, 0.4) is 0 Å². The van der Waals surface area contributed by atoms with Crippen LogP contribution in [0.2, 0.25) is 0 Å². The summed E-state index contributed by atoms with van der Waals surface area (Å²) in [6.07, 6.45) is 8.29. The fourth-order valence-corrected chi connectivity index (χ4v) is 5.50. The Labute approximate surface area is 209 Å². The molecule has 0 spiro atoms. The van der Waals surface area contributed by atoms with Crippen molar-refractivity contribution in [2.45, 2.75) is 50.7 Å². The van der Waals surface area contributed by atoms with Crippen molar-refractivity contribution in [2.75, 3.05) is 11.1 Å². The number of aromatic nitrogens is 6. The Hall–Kier alpha value is -3.46. The first-order chi connectivity index (χ1) is 17.1. The van der Waals surface area contributed by atoms with Gasteiger partial charge in [-0.1, -0.05) is 49.7 Å². The lowest BCUT2D eigenvalue weighted by molar-refractivity contribution is -0.113. The van der Waals surface area contributed by atoms with Crippen LogP contribution in [0, 0.1) is 12.8 Å². The minimum absolute atomic E-state index is 0.110. The lowest BCUT2D eigenvalue weighted by Crippen LogP contribution is -2.23. The van der Waals surface area contributed by atoms with E-state index in [9.17, 15) is 4.79 Å². The van der Waals surface area contributed by atoms with E-state index < -0.39 is 0 Å². The van der Waals surface area contributed by atoms with Crippen LogP contribution >= 0.6 is 11.8 Å². The number of hydrogen-bond donors (Lipinski definition) is 1. The van der Waals surface area contributed by atoms with E-state index >= 15 is 0 Å². The maximum absolute atomic E-state index is 13.0. The maximum Gasteiger partial charge on any atom is 0.236 e. The molecule has 0 radical (unpaired) electrons. The molecule has 180 valence electrons. The standard InChI is InChI=1S/C26H29N7OS/c1-18-9-6-7-13-22(18)32-25(20-10-8-14-27-16-20)29-30-26(32)35-17-24(34)28-23-15-19(2)31-33(23)21-11-4-3-5-12-21/h3-5,8,10-12,14-16,18,22H,6-7,9,13,17H2,1-2H3,(H,28,34)/t18-,22-/m1/s1. The van der Waals surface area contributed by atoms with Crippen LogP contribution in [-0.2, 0) is 4.79 Å². The van der Waals surface area contributed by atoms with Gasteiger partial charge < -0.3 is 5.32 Å². The Kier molecular flexibility index (Phi) is 6.94. The molecule has 1 aliphatic rings. The van der Waals surface area contributed by atoms with Crippen molar-refractivity contribution in [3.63, 3.8) is 0 Å². The number of rotatable bonds is 7. The number of para-hydroxylation sites is 1. The van der Waals surface area contributed by atoms with Gasteiger partial charge in [-0.2, -0.15) is 5.10 Å². The van der Waals surface area contributed by atoms with Crippen molar-refractivity contribution in [1.29, 1.82) is 0 Å². The highest BCUT2D eigenvalue weighted by Gasteiger charge is 2.29. The predicted molar refractivity (Wildman–Crippen MR) is 138 cm³/mol. The molecule has 3 aromatic heterocycles. The van der Waals surface area contributed by atoms with E-state index in [1.54, 1.807) is 10.9 Å². The maximum atomic E-state index is 13.0. The van der Waals surface area contributed by atoms with Gasteiger partial charge in [-0.25, -0.2) is 4.68 Å². The molecule has 0 saturated heterocycles. The van der Waals surface area contributed by atoms with Gasteiger partial charge in [-0.3, -0.25) is 14.3 Å². The van der Waals surface area contributed by atoms with E-state index in [1.807, 2.05) is 61.7 Å². The van der Waals surface area contributed by atoms with Gasteiger partial charge in [-0.15, -0.1) is 10.2 Å². The molecular formula is C26H29N7OS. The van der Waals surface area contributed by atoms with Crippen LogP contribution in [-0.4, -0.2) is 41.2 Å². The Morgan fingerprint density at radius 3 is 2.71 bits per heavy atom. The third kappa shape index (κ3) is 5.14. The second-order valence-electron chi connectivity index (χ2n) is 9.00. The summed E-state index contributed by atoms with van der Waals surface area (Å²) in [7, 11) is 0. The quantitative estimate of drug-likeness (QED) is 0.355. The Morgan fingerprint density at radius 2 is 1.94 bits per heavy atom. The lowest BCUT2D eigenvalue weighted by atomic mass is 9.85. The zero-order valence-electron chi connectivity index (χ0n) is 20.0. The molecule has 0 bridgehead atoms. The van der Waals surface area contributed by atoms with Gasteiger partial charge in [0.25, 0.3) is 0 Å². The number of amides is 1. The number of anilines is 1. The first-order valence-corrected chi connectivity index (χ1v) is 13.0. The number of carbonyl (C=O) groups is 1. The Balaban J connectivity index is 1.36. The molecule has 8 nitrogen and oxygen atoms in total. The number of hydrogen-bond acceptors (Lipinski definition) is 6. The van der Waals surface area contributed by atoms with Crippen LogP contribution in [0.4, 0.5) is 5.82 Å². The van der Waals surface area contributed by atoms with Gasteiger partial charge in [0.2, 0.25) is 5.91 Å². The van der Waals surface area contributed by atoms with E-state index in [0.717, 1.165) is 34.3 Å². The van der Waals surface area contributed by atoms with Crippen molar-refractivity contribution >= 4 is 23.5 Å². The third-order valence-corrected chi connectivity index (χ3v) is 7.36. The molecule has 1 N–H and O–H groups in total. The monoisotopic (exact) mass is 487 g/mol. The Bertz CT molecular complexity index is 1290. The highest BCUT2D eigenvalue weighted by Crippen LogP contribution is 2.38. The van der Waals surface area contributed by atoms with Crippen molar-refractivity contribution < 1.29 is 4.79 Å². The van der Waals surface area contributed by atoms with E-state index in [2.05, 4.69) is 37.1 Å². The molecule has 1 saturated carbocycles. The first kappa shape index (κ1) is 23.3. The summed E-state index contributed by atoms with van der Waals surface area (Å²) in [6.45, 7) is 4.21. The summed E-state index contributed by atoms with van der Waals surface area (Å²) in [5.41, 5.74) is 2.68. The number of carbonyl (C=O) groups excluding carboxylic acids is 1. The predicted octanol–water partition coefficient (Wildman–Crippen LogP) is 5.32. The van der Waals surface area contributed by atoms with Gasteiger partial charge in [0.1, 0.15) is 5.82 Å². The first-order valence-electron chi connectivity index (χ1n) is 12.0.